The lowest BCUT2D eigenvalue weighted by atomic mass is 9.86. The van der Waals surface area contributed by atoms with E-state index in [2.05, 4.69) is 5.32 Å². The SMILES string of the molecule is CC(=O)Oc1ccc([C@H](N)C2CCNCC2)cc1.Cl. The van der Waals surface area contributed by atoms with Crippen LogP contribution in [0.4, 0.5) is 0 Å². The van der Waals surface area contributed by atoms with E-state index in [0.717, 1.165) is 31.5 Å². The van der Waals surface area contributed by atoms with E-state index < -0.39 is 0 Å². The summed E-state index contributed by atoms with van der Waals surface area (Å²) in [5.41, 5.74) is 7.39. The van der Waals surface area contributed by atoms with Gasteiger partial charge >= 0.3 is 5.97 Å². The van der Waals surface area contributed by atoms with Gasteiger partial charge in [0.25, 0.3) is 0 Å². The van der Waals surface area contributed by atoms with Gasteiger partial charge in [0.05, 0.1) is 0 Å². The highest BCUT2D eigenvalue weighted by Crippen LogP contribution is 2.27. The summed E-state index contributed by atoms with van der Waals surface area (Å²) in [4.78, 5) is 10.8. The summed E-state index contributed by atoms with van der Waals surface area (Å²) in [5.74, 6) is 0.806. The molecule has 1 saturated heterocycles. The zero-order valence-corrected chi connectivity index (χ0v) is 11.9. The first-order valence-electron chi connectivity index (χ1n) is 6.41. The number of hydrogen-bond acceptors (Lipinski definition) is 4. The van der Waals surface area contributed by atoms with Crippen molar-refractivity contribution in [2.75, 3.05) is 13.1 Å². The molecule has 0 amide bonds. The molecule has 0 aliphatic carbocycles. The quantitative estimate of drug-likeness (QED) is 0.658. The second-order valence-electron chi connectivity index (χ2n) is 4.78. The Kier molecular flexibility index (Phi) is 6.28. The molecule has 1 atom stereocenters. The second kappa shape index (κ2) is 7.48. The molecule has 1 heterocycles. The average Bonchev–Trinajstić information content (AvgIpc) is 2.39. The molecule has 0 bridgehead atoms. The van der Waals surface area contributed by atoms with Gasteiger partial charge in [-0.05, 0) is 49.5 Å². The van der Waals surface area contributed by atoms with Crippen LogP contribution >= 0.6 is 12.4 Å². The molecule has 1 aromatic carbocycles. The molecule has 1 aliphatic heterocycles. The van der Waals surface area contributed by atoms with E-state index in [-0.39, 0.29) is 24.4 Å². The Balaban J connectivity index is 0.00000180. The van der Waals surface area contributed by atoms with Crippen molar-refractivity contribution >= 4 is 18.4 Å². The third kappa shape index (κ3) is 4.49. The minimum Gasteiger partial charge on any atom is -0.427 e. The standard InChI is InChI=1S/C14H20N2O2.ClH/c1-10(17)18-13-4-2-11(3-5-13)14(15)12-6-8-16-9-7-12;/h2-5,12,14,16H,6-9,15H2,1H3;1H/t14-;/m0./s1. The van der Waals surface area contributed by atoms with Gasteiger partial charge in [-0.15, -0.1) is 12.4 Å². The van der Waals surface area contributed by atoms with Gasteiger partial charge in [-0.1, -0.05) is 12.1 Å². The number of piperidine rings is 1. The lowest BCUT2D eigenvalue weighted by Gasteiger charge is -2.28. The van der Waals surface area contributed by atoms with E-state index in [4.69, 9.17) is 10.5 Å². The normalized spacial score (nSPS) is 17.4. The molecule has 1 aliphatic rings. The van der Waals surface area contributed by atoms with Crippen LogP contribution in [0.25, 0.3) is 0 Å². The first-order chi connectivity index (χ1) is 8.66. The largest absolute Gasteiger partial charge is 0.427 e. The van der Waals surface area contributed by atoms with Gasteiger partial charge in [0, 0.05) is 13.0 Å². The Morgan fingerprint density at radius 3 is 2.42 bits per heavy atom. The molecule has 3 N–H and O–H groups in total. The zero-order chi connectivity index (χ0) is 13.0. The highest BCUT2D eigenvalue weighted by Gasteiger charge is 2.21. The van der Waals surface area contributed by atoms with Crippen molar-refractivity contribution < 1.29 is 9.53 Å². The number of nitrogens with one attached hydrogen (secondary N) is 1. The van der Waals surface area contributed by atoms with Crippen molar-refractivity contribution in [1.29, 1.82) is 0 Å². The average molecular weight is 285 g/mol. The van der Waals surface area contributed by atoms with Crippen molar-refractivity contribution in [3.63, 3.8) is 0 Å². The summed E-state index contributed by atoms with van der Waals surface area (Å²) in [6, 6.07) is 7.57. The van der Waals surface area contributed by atoms with Gasteiger partial charge in [-0.3, -0.25) is 4.79 Å². The topological polar surface area (TPSA) is 64.3 Å². The number of ether oxygens (including phenoxy) is 1. The fraction of sp³-hybridized carbons (Fsp3) is 0.500. The Morgan fingerprint density at radius 2 is 1.89 bits per heavy atom. The van der Waals surface area contributed by atoms with E-state index in [1.165, 1.54) is 6.92 Å². The third-order valence-corrected chi connectivity index (χ3v) is 3.42. The maximum Gasteiger partial charge on any atom is 0.308 e. The molecule has 1 aromatic rings. The molecule has 5 heteroatoms. The Bertz CT molecular complexity index is 402. The number of esters is 1. The van der Waals surface area contributed by atoms with Crippen LogP contribution in [0.5, 0.6) is 5.75 Å². The van der Waals surface area contributed by atoms with Crippen LogP contribution in [0.1, 0.15) is 31.4 Å². The summed E-state index contributed by atoms with van der Waals surface area (Å²) >= 11 is 0. The first-order valence-corrected chi connectivity index (χ1v) is 6.41. The molecule has 0 aromatic heterocycles. The molecular formula is C14H21ClN2O2. The molecule has 1 fully saturated rings. The van der Waals surface area contributed by atoms with Gasteiger partial charge in [0.2, 0.25) is 0 Å². The number of carbonyl (C=O) groups is 1. The zero-order valence-electron chi connectivity index (χ0n) is 11.1. The first kappa shape index (κ1) is 16.0. The Morgan fingerprint density at radius 1 is 1.32 bits per heavy atom. The predicted octanol–water partition coefficient (Wildman–Crippen LogP) is 2.03. The van der Waals surface area contributed by atoms with Crippen molar-refractivity contribution in [2.45, 2.75) is 25.8 Å². The van der Waals surface area contributed by atoms with Crippen molar-refractivity contribution in [1.82, 2.24) is 5.32 Å². The summed E-state index contributed by atoms with van der Waals surface area (Å²) in [6.07, 6.45) is 2.24. The highest BCUT2D eigenvalue weighted by atomic mass is 35.5. The summed E-state index contributed by atoms with van der Waals surface area (Å²) in [6.45, 7) is 3.49. The molecule has 4 nitrogen and oxygen atoms in total. The van der Waals surface area contributed by atoms with Crippen LogP contribution in [0.2, 0.25) is 0 Å². The number of halogens is 1. The van der Waals surface area contributed by atoms with Gasteiger partial charge < -0.3 is 15.8 Å². The molecule has 0 saturated carbocycles. The minimum atomic E-state index is -0.301. The van der Waals surface area contributed by atoms with Crippen LogP contribution < -0.4 is 15.8 Å². The maximum absolute atomic E-state index is 10.8. The van der Waals surface area contributed by atoms with Crippen LogP contribution in [0, 0.1) is 5.92 Å². The molecular weight excluding hydrogens is 264 g/mol. The number of nitrogens with two attached hydrogens (primary N) is 1. The predicted molar refractivity (Wildman–Crippen MR) is 77.5 cm³/mol. The summed E-state index contributed by atoms with van der Waals surface area (Å²) in [5, 5.41) is 3.34. The van der Waals surface area contributed by atoms with E-state index in [1.807, 2.05) is 12.1 Å². The Labute approximate surface area is 120 Å². The molecule has 0 unspecified atom stereocenters. The lowest BCUT2D eigenvalue weighted by molar-refractivity contribution is -0.131. The van der Waals surface area contributed by atoms with Crippen LogP contribution in [0.15, 0.2) is 24.3 Å². The maximum atomic E-state index is 10.8. The van der Waals surface area contributed by atoms with E-state index >= 15 is 0 Å². The number of rotatable bonds is 3. The molecule has 19 heavy (non-hydrogen) atoms. The van der Waals surface area contributed by atoms with E-state index in [1.54, 1.807) is 12.1 Å². The van der Waals surface area contributed by atoms with Gasteiger partial charge in [0.1, 0.15) is 5.75 Å². The number of benzene rings is 1. The molecule has 106 valence electrons. The smallest absolute Gasteiger partial charge is 0.308 e. The molecule has 0 radical (unpaired) electrons. The van der Waals surface area contributed by atoms with E-state index in [0.29, 0.717) is 11.7 Å². The van der Waals surface area contributed by atoms with Gasteiger partial charge in [-0.25, -0.2) is 0 Å². The fourth-order valence-electron chi connectivity index (χ4n) is 2.40. The molecule has 0 spiro atoms. The lowest BCUT2D eigenvalue weighted by Crippen LogP contribution is -2.33. The second-order valence-corrected chi connectivity index (χ2v) is 4.78. The van der Waals surface area contributed by atoms with E-state index in [9.17, 15) is 4.79 Å². The van der Waals surface area contributed by atoms with Crippen LogP contribution in [0.3, 0.4) is 0 Å². The number of hydrogen-bond donors (Lipinski definition) is 2. The van der Waals surface area contributed by atoms with Gasteiger partial charge in [0.15, 0.2) is 0 Å². The van der Waals surface area contributed by atoms with Crippen molar-refractivity contribution in [2.24, 2.45) is 11.7 Å². The summed E-state index contributed by atoms with van der Waals surface area (Å²) in [7, 11) is 0. The van der Waals surface area contributed by atoms with Crippen LogP contribution in [-0.2, 0) is 4.79 Å². The third-order valence-electron chi connectivity index (χ3n) is 3.42. The van der Waals surface area contributed by atoms with Crippen LogP contribution in [-0.4, -0.2) is 19.1 Å². The highest BCUT2D eigenvalue weighted by molar-refractivity contribution is 5.85. The monoisotopic (exact) mass is 284 g/mol. The molecule has 2 rings (SSSR count). The fourth-order valence-corrected chi connectivity index (χ4v) is 2.40. The number of carbonyl (C=O) groups excluding carboxylic acids is 1. The summed E-state index contributed by atoms with van der Waals surface area (Å²) < 4.78 is 5.00. The van der Waals surface area contributed by atoms with Gasteiger partial charge in [-0.2, -0.15) is 0 Å². The Hall–Kier alpha value is -1.10. The minimum absolute atomic E-state index is 0. The van der Waals surface area contributed by atoms with Crippen molar-refractivity contribution in [3.05, 3.63) is 29.8 Å². The van der Waals surface area contributed by atoms with Crippen molar-refractivity contribution in [3.8, 4) is 5.75 Å².